The zero-order valence-electron chi connectivity index (χ0n) is 14.1. The van der Waals surface area contributed by atoms with Crippen molar-refractivity contribution in [2.75, 3.05) is 19.5 Å². The van der Waals surface area contributed by atoms with Crippen LogP contribution in [0.3, 0.4) is 0 Å². The molecule has 0 heterocycles. The normalized spacial score (nSPS) is 10.3. The molecule has 2 aromatic carbocycles. The second kappa shape index (κ2) is 8.26. The first-order valence-corrected chi connectivity index (χ1v) is 7.59. The topological polar surface area (TPSA) is 64.6 Å². The molecular formula is C19H21NO4. The maximum atomic E-state index is 12.3. The average molecular weight is 327 g/mol. The Kier molecular flexibility index (Phi) is 6.09. The number of hydrogen-bond donors (Lipinski definition) is 1. The molecule has 2 rings (SSSR count). The number of anilines is 1. The van der Waals surface area contributed by atoms with E-state index in [9.17, 15) is 9.59 Å². The first-order valence-electron chi connectivity index (χ1n) is 7.59. The molecule has 0 bridgehead atoms. The Balaban J connectivity index is 2.13. The summed E-state index contributed by atoms with van der Waals surface area (Å²) < 4.78 is 10.4. The Hall–Kier alpha value is -2.66. The Bertz CT molecular complexity index is 740. The van der Waals surface area contributed by atoms with Crippen LogP contribution in [-0.4, -0.2) is 25.9 Å². The minimum Gasteiger partial charge on any atom is -0.496 e. The molecule has 126 valence electrons. The van der Waals surface area contributed by atoms with E-state index in [1.165, 1.54) is 6.92 Å². The molecule has 0 radical (unpaired) electrons. The third-order valence-electron chi connectivity index (χ3n) is 3.56. The zero-order valence-corrected chi connectivity index (χ0v) is 14.1. The summed E-state index contributed by atoms with van der Waals surface area (Å²) in [5.74, 6) is 0.360. The smallest absolute Gasteiger partial charge is 0.228 e. The number of nitrogens with one attached hydrogen (secondary N) is 1. The van der Waals surface area contributed by atoms with Gasteiger partial charge in [0.1, 0.15) is 5.75 Å². The summed E-state index contributed by atoms with van der Waals surface area (Å²) >= 11 is 0. The summed E-state index contributed by atoms with van der Waals surface area (Å²) in [5.41, 5.74) is 2.92. The predicted octanol–water partition coefficient (Wildman–Crippen LogP) is 3.23. The van der Waals surface area contributed by atoms with Crippen molar-refractivity contribution in [1.29, 1.82) is 0 Å². The van der Waals surface area contributed by atoms with E-state index in [1.807, 2.05) is 24.3 Å². The molecule has 0 aliphatic carbocycles. The average Bonchev–Trinajstić information content (AvgIpc) is 2.55. The highest BCUT2D eigenvalue weighted by Gasteiger charge is 2.12. The number of carbonyl (C=O) groups excluding carboxylic acids is 2. The second-order valence-electron chi connectivity index (χ2n) is 5.44. The Morgan fingerprint density at radius 3 is 2.54 bits per heavy atom. The van der Waals surface area contributed by atoms with Gasteiger partial charge in [-0.25, -0.2) is 0 Å². The molecule has 0 saturated carbocycles. The van der Waals surface area contributed by atoms with Crippen molar-refractivity contribution < 1.29 is 19.1 Å². The third kappa shape index (κ3) is 4.67. The molecule has 0 unspecified atom stereocenters. The number of amides is 1. The number of rotatable bonds is 7. The van der Waals surface area contributed by atoms with Gasteiger partial charge in [-0.15, -0.1) is 0 Å². The van der Waals surface area contributed by atoms with E-state index in [1.54, 1.807) is 32.4 Å². The van der Waals surface area contributed by atoms with Gasteiger partial charge in [-0.05, 0) is 42.8 Å². The van der Waals surface area contributed by atoms with Gasteiger partial charge < -0.3 is 14.8 Å². The largest absolute Gasteiger partial charge is 0.496 e. The van der Waals surface area contributed by atoms with Crippen molar-refractivity contribution in [2.45, 2.75) is 20.0 Å². The van der Waals surface area contributed by atoms with Crippen LogP contribution in [0.5, 0.6) is 5.75 Å². The highest BCUT2D eigenvalue weighted by Crippen LogP contribution is 2.21. The van der Waals surface area contributed by atoms with Gasteiger partial charge in [0, 0.05) is 23.9 Å². The van der Waals surface area contributed by atoms with Crippen LogP contribution in [0.15, 0.2) is 42.5 Å². The maximum Gasteiger partial charge on any atom is 0.228 e. The van der Waals surface area contributed by atoms with E-state index in [4.69, 9.17) is 9.47 Å². The number of methoxy groups -OCH3 is 2. The predicted molar refractivity (Wildman–Crippen MR) is 92.5 cm³/mol. The molecule has 0 aromatic heterocycles. The van der Waals surface area contributed by atoms with Crippen molar-refractivity contribution in [3.05, 3.63) is 59.2 Å². The summed E-state index contributed by atoms with van der Waals surface area (Å²) in [6.07, 6.45) is 0.124. The second-order valence-corrected chi connectivity index (χ2v) is 5.44. The molecule has 0 spiro atoms. The van der Waals surface area contributed by atoms with Gasteiger partial charge in [0.05, 0.1) is 20.1 Å². The van der Waals surface area contributed by atoms with E-state index < -0.39 is 0 Å². The number of ketones is 1. The molecule has 0 atom stereocenters. The first kappa shape index (κ1) is 17.7. The van der Waals surface area contributed by atoms with Crippen LogP contribution in [0.25, 0.3) is 0 Å². The van der Waals surface area contributed by atoms with Gasteiger partial charge in [-0.1, -0.05) is 12.1 Å². The number of benzene rings is 2. The van der Waals surface area contributed by atoms with Crippen LogP contribution >= 0.6 is 0 Å². The van der Waals surface area contributed by atoms with Crippen molar-refractivity contribution >= 4 is 17.4 Å². The Morgan fingerprint density at radius 1 is 1.08 bits per heavy atom. The number of ether oxygens (including phenoxy) is 2. The Morgan fingerprint density at radius 2 is 1.88 bits per heavy atom. The van der Waals surface area contributed by atoms with Gasteiger partial charge in [-0.2, -0.15) is 0 Å². The number of Topliss-reactive ketones (excluding diaryl/α,β-unsaturated/α-hetero) is 1. The van der Waals surface area contributed by atoms with Crippen LogP contribution in [0, 0.1) is 0 Å². The summed E-state index contributed by atoms with van der Waals surface area (Å²) in [5, 5.41) is 2.85. The molecule has 0 aliphatic rings. The SMILES string of the molecule is COCc1cccc(NC(=O)Cc2cc(C(C)=O)ccc2OC)c1. The zero-order chi connectivity index (χ0) is 17.5. The van der Waals surface area contributed by atoms with Crippen molar-refractivity contribution in [1.82, 2.24) is 0 Å². The lowest BCUT2D eigenvalue weighted by Gasteiger charge is -2.11. The third-order valence-corrected chi connectivity index (χ3v) is 3.56. The molecule has 1 amide bonds. The quantitative estimate of drug-likeness (QED) is 0.793. The number of carbonyl (C=O) groups is 2. The first-order chi connectivity index (χ1) is 11.5. The molecular weight excluding hydrogens is 306 g/mol. The lowest BCUT2D eigenvalue weighted by Crippen LogP contribution is -2.15. The standard InChI is InChI=1S/C19H21NO4/c1-13(21)15-7-8-18(24-3)16(10-15)11-19(22)20-17-6-4-5-14(9-17)12-23-2/h4-10H,11-12H2,1-3H3,(H,20,22). The minimum absolute atomic E-state index is 0.0495. The van der Waals surface area contributed by atoms with E-state index in [2.05, 4.69) is 5.32 Å². The fourth-order valence-electron chi connectivity index (χ4n) is 2.42. The molecule has 2 aromatic rings. The van der Waals surface area contributed by atoms with E-state index >= 15 is 0 Å². The minimum atomic E-state index is -0.177. The van der Waals surface area contributed by atoms with Crippen LogP contribution in [-0.2, 0) is 22.6 Å². The monoisotopic (exact) mass is 327 g/mol. The molecule has 1 N–H and O–H groups in total. The number of hydrogen-bond acceptors (Lipinski definition) is 4. The van der Waals surface area contributed by atoms with Crippen LogP contribution in [0.2, 0.25) is 0 Å². The molecule has 0 fully saturated rings. The van der Waals surface area contributed by atoms with E-state index in [-0.39, 0.29) is 18.1 Å². The molecule has 5 nitrogen and oxygen atoms in total. The molecule has 5 heteroatoms. The van der Waals surface area contributed by atoms with Gasteiger partial charge in [0.15, 0.2) is 5.78 Å². The van der Waals surface area contributed by atoms with Crippen molar-refractivity contribution in [3.8, 4) is 5.75 Å². The molecule has 24 heavy (non-hydrogen) atoms. The fourth-order valence-corrected chi connectivity index (χ4v) is 2.42. The summed E-state index contributed by atoms with van der Waals surface area (Å²) in [7, 11) is 3.16. The van der Waals surface area contributed by atoms with Gasteiger partial charge in [0.25, 0.3) is 0 Å². The van der Waals surface area contributed by atoms with Crippen molar-refractivity contribution in [3.63, 3.8) is 0 Å². The maximum absolute atomic E-state index is 12.3. The van der Waals surface area contributed by atoms with Crippen LogP contribution in [0.4, 0.5) is 5.69 Å². The summed E-state index contributed by atoms with van der Waals surface area (Å²) in [4.78, 5) is 23.8. The van der Waals surface area contributed by atoms with Crippen molar-refractivity contribution in [2.24, 2.45) is 0 Å². The van der Waals surface area contributed by atoms with Gasteiger partial charge in [0.2, 0.25) is 5.91 Å². The lowest BCUT2D eigenvalue weighted by molar-refractivity contribution is -0.115. The molecule has 0 aliphatic heterocycles. The van der Waals surface area contributed by atoms with Gasteiger partial charge in [-0.3, -0.25) is 9.59 Å². The molecule has 0 saturated heterocycles. The Labute approximate surface area is 141 Å². The van der Waals surface area contributed by atoms with E-state index in [0.29, 0.717) is 29.2 Å². The van der Waals surface area contributed by atoms with Crippen LogP contribution in [0.1, 0.15) is 28.4 Å². The van der Waals surface area contributed by atoms with Crippen LogP contribution < -0.4 is 10.1 Å². The fraction of sp³-hybridized carbons (Fsp3) is 0.263. The lowest BCUT2D eigenvalue weighted by atomic mass is 10.0. The highest BCUT2D eigenvalue weighted by atomic mass is 16.5. The summed E-state index contributed by atoms with van der Waals surface area (Å²) in [6, 6.07) is 12.6. The van der Waals surface area contributed by atoms with E-state index in [0.717, 1.165) is 5.56 Å². The highest BCUT2D eigenvalue weighted by molar-refractivity contribution is 5.96. The summed E-state index contributed by atoms with van der Waals surface area (Å²) in [6.45, 7) is 1.98. The van der Waals surface area contributed by atoms with Gasteiger partial charge >= 0.3 is 0 Å².